The first-order valence-electron chi connectivity index (χ1n) is 18.8. The Balaban J connectivity index is 3.60. The predicted molar refractivity (Wildman–Crippen MR) is 196 cm³/mol. The third-order valence-electron chi connectivity index (χ3n) is 7.80. The van der Waals surface area contributed by atoms with Crippen LogP contribution in [0.4, 0.5) is 0 Å². The summed E-state index contributed by atoms with van der Waals surface area (Å²) in [6.07, 6.45) is 47.1. The monoisotopic (exact) mass is 643 g/mol. The van der Waals surface area contributed by atoms with Crippen molar-refractivity contribution in [2.24, 2.45) is 0 Å². The van der Waals surface area contributed by atoms with Crippen LogP contribution in [0.25, 0.3) is 0 Å². The Kier molecular flexibility index (Phi) is 35.1. The molecule has 0 heterocycles. The molecular weight excluding hydrogens is 572 g/mol. The lowest BCUT2D eigenvalue weighted by molar-refractivity contribution is -0.161. The Hall–Kier alpha value is -2.40. The molecule has 0 radical (unpaired) electrons. The zero-order chi connectivity index (χ0) is 33.6. The van der Waals surface area contributed by atoms with E-state index >= 15 is 0 Å². The van der Waals surface area contributed by atoms with Crippen LogP contribution in [0, 0.1) is 0 Å². The molecule has 1 N–H and O–H groups in total. The van der Waals surface area contributed by atoms with E-state index in [1.165, 1.54) is 70.6 Å². The Morgan fingerprint density at radius 2 is 0.935 bits per heavy atom. The molecule has 0 aromatic rings. The van der Waals surface area contributed by atoms with Crippen LogP contribution in [0.2, 0.25) is 0 Å². The van der Waals surface area contributed by atoms with E-state index in [-0.39, 0.29) is 25.2 Å². The van der Waals surface area contributed by atoms with Gasteiger partial charge in [0.25, 0.3) is 0 Å². The highest BCUT2D eigenvalue weighted by Crippen LogP contribution is 2.13. The van der Waals surface area contributed by atoms with E-state index in [1.807, 2.05) is 0 Å². The highest BCUT2D eigenvalue weighted by atomic mass is 16.6. The molecule has 1 atom stereocenters. The average molecular weight is 643 g/mol. The number of carbonyl (C=O) groups is 2. The normalized spacial score (nSPS) is 12.8. The summed E-state index contributed by atoms with van der Waals surface area (Å²) in [5, 5.41) is 9.53. The van der Waals surface area contributed by atoms with Gasteiger partial charge in [-0.1, -0.05) is 139 Å². The molecule has 5 nitrogen and oxygen atoms in total. The summed E-state index contributed by atoms with van der Waals surface area (Å²) in [6.45, 7) is 3.95. The number of aliphatic hydroxyl groups excluding tert-OH is 1. The van der Waals surface area contributed by atoms with E-state index in [1.54, 1.807) is 0 Å². The first-order valence-corrected chi connectivity index (χ1v) is 18.8. The first kappa shape index (κ1) is 43.6. The molecule has 0 fully saturated rings. The lowest BCUT2D eigenvalue weighted by Crippen LogP contribution is -2.28. The summed E-state index contributed by atoms with van der Waals surface area (Å²) < 4.78 is 10.6. The molecule has 0 aromatic heterocycles. The average Bonchev–Trinajstić information content (AvgIpc) is 3.06. The zero-order valence-corrected chi connectivity index (χ0v) is 29.8. The van der Waals surface area contributed by atoms with Crippen LogP contribution in [-0.4, -0.2) is 36.4 Å². The predicted octanol–water partition coefficient (Wildman–Crippen LogP) is 11.6. The van der Waals surface area contributed by atoms with Gasteiger partial charge in [0.15, 0.2) is 6.10 Å². The molecular formula is C41H70O5. The highest BCUT2D eigenvalue weighted by molar-refractivity contribution is 5.70. The van der Waals surface area contributed by atoms with Gasteiger partial charge in [0.2, 0.25) is 0 Å². The van der Waals surface area contributed by atoms with Crippen molar-refractivity contribution in [2.75, 3.05) is 13.2 Å². The van der Waals surface area contributed by atoms with Gasteiger partial charge in [-0.25, -0.2) is 0 Å². The van der Waals surface area contributed by atoms with Crippen LogP contribution in [0.1, 0.15) is 168 Å². The highest BCUT2D eigenvalue weighted by Gasteiger charge is 2.16. The van der Waals surface area contributed by atoms with E-state index in [0.717, 1.165) is 70.6 Å². The van der Waals surface area contributed by atoms with Crippen LogP contribution in [0.15, 0.2) is 60.8 Å². The fourth-order valence-corrected chi connectivity index (χ4v) is 4.95. The van der Waals surface area contributed by atoms with Crippen LogP contribution in [0.5, 0.6) is 0 Å². The van der Waals surface area contributed by atoms with Crippen LogP contribution >= 0.6 is 0 Å². The van der Waals surface area contributed by atoms with Crippen molar-refractivity contribution in [3.63, 3.8) is 0 Å². The molecule has 1 unspecified atom stereocenters. The van der Waals surface area contributed by atoms with Gasteiger partial charge in [0, 0.05) is 12.8 Å². The number of esters is 2. The van der Waals surface area contributed by atoms with Gasteiger partial charge in [-0.05, 0) is 77.0 Å². The summed E-state index contributed by atoms with van der Waals surface area (Å²) in [7, 11) is 0. The summed E-state index contributed by atoms with van der Waals surface area (Å²) in [6, 6.07) is 0. The first-order chi connectivity index (χ1) is 22.6. The van der Waals surface area contributed by atoms with Gasteiger partial charge in [0.05, 0.1) is 6.61 Å². The van der Waals surface area contributed by atoms with Gasteiger partial charge < -0.3 is 14.6 Å². The molecule has 5 heteroatoms. The number of ether oxygens (including phenoxy) is 2. The molecule has 0 bridgehead atoms. The fourth-order valence-electron chi connectivity index (χ4n) is 4.95. The van der Waals surface area contributed by atoms with Gasteiger partial charge in [-0.2, -0.15) is 0 Å². The lowest BCUT2D eigenvalue weighted by Gasteiger charge is -2.15. The molecule has 264 valence electrons. The molecule has 0 saturated carbocycles. The molecule has 0 aliphatic heterocycles. The van der Waals surface area contributed by atoms with E-state index in [2.05, 4.69) is 74.6 Å². The molecule has 0 aliphatic rings. The largest absolute Gasteiger partial charge is 0.462 e. The van der Waals surface area contributed by atoms with E-state index in [0.29, 0.717) is 12.8 Å². The Labute approximate surface area is 283 Å². The molecule has 0 spiro atoms. The Bertz CT molecular complexity index is 823. The van der Waals surface area contributed by atoms with Crippen molar-refractivity contribution in [3.05, 3.63) is 60.8 Å². The quantitative estimate of drug-likeness (QED) is 0.0438. The SMILES string of the molecule is CC/C=C\C/C=C\C/C=C\CCCCCC(=O)OC(CO)COC(=O)CCCCCCCCCCC/C=C\C/C=C\CCCCC. The maximum absolute atomic E-state index is 12.1. The number of hydrogen-bond acceptors (Lipinski definition) is 5. The minimum absolute atomic E-state index is 0.0822. The number of unbranched alkanes of at least 4 members (excludes halogenated alkanes) is 15. The zero-order valence-electron chi connectivity index (χ0n) is 29.8. The van der Waals surface area contributed by atoms with Gasteiger partial charge in [0.1, 0.15) is 6.61 Å². The number of allylic oxidation sites excluding steroid dienone is 10. The number of hydrogen-bond donors (Lipinski definition) is 1. The van der Waals surface area contributed by atoms with E-state index in [4.69, 9.17) is 9.47 Å². The Morgan fingerprint density at radius 3 is 1.43 bits per heavy atom. The van der Waals surface area contributed by atoms with Gasteiger partial charge in [-0.15, -0.1) is 0 Å². The summed E-state index contributed by atoms with van der Waals surface area (Å²) in [5.74, 6) is -0.635. The third kappa shape index (κ3) is 34.5. The lowest BCUT2D eigenvalue weighted by atomic mass is 10.1. The summed E-state index contributed by atoms with van der Waals surface area (Å²) >= 11 is 0. The van der Waals surface area contributed by atoms with Crippen molar-refractivity contribution in [2.45, 2.75) is 174 Å². The van der Waals surface area contributed by atoms with E-state index < -0.39 is 6.10 Å². The second kappa shape index (κ2) is 37.1. The molecule has 0 aromatic carbocycles. The maximum atomic E-state index is 12.1. The summed E-state index contributed by atoms with van der Waals surface area (Å²) in [4.78, 5) is 24.2. The van der Waals surface area contributed by atoms with E-state index in [9.17, 15) is 14.7 Å². The topological polar surface area (TPSA) is 72.8 Å². The number of aliphatic hydroxyl groups is 1. The second-order valence-corrected chi connectivity index (χ2v) is 12.3. The van der Waals surface area contributed by atoms with Gasteiger partial charge in [-0.3, -0.25) is 9.59 Å². The molecule has 0 aliphatic carbocycles. The van der Waals surface area contributed by atoms with Crippen LogP contribution in [0.3, 0.4) is 0 Å². The molecule has 0 rings (SSSR count). The molecule has 46 heavy (non-hydrogen) atoms. The minimum Gasteiger partial charge on any atom is -0.462 e. The van der Waals surface area contributed by atoms with Crippen LogP contribution in [-0.2, 0) is 19.1 Å². The maximum Gasteiger partial charge on any atom is 0.306 e. The Morgan fingerprint density at radius 1 is 0.522 bits per heavy atom. The standard InChI is InChI=1S/C41H70O5/c1-3-5-7-9-11-13-15-17-18-19-20-21-22-24-25-27-29-31-33-35-40(43)45-38-39(37-42)46-41(44)36-34-32-30-28-26-23-16-14-12-10-8-6-4-2/h6,8,11-14,17-18,23,26,39,42H,3-5,7,9-10,15-16,19-22,24-25,27-38H2,1-2H3/b8-6-,13-11-,14-12-,18-17-,26-23-. The fraction of sp³-hybridized carbons (Fsp3) is 0.707. The molecule has 0 saturated heterocycles. The van der Waals surface area contributed by atoms with Crippen molar-refractivity contribution >= 4 is 11.9 Å². The molecule has 0 amide bonds. The third-order valence-corrected chi connectivity index (χ3v) is 7.80. The summed E-state index contributed by atoms with van der Waals surface area (Å²) in [5.41, 5.74) is 0. The van der Waals surface area contributed by atoms with Gasteiger partial charge >= 0.3 is 11.9 Å². The van der Waals surface area contributed by atoms with Crippen molar-refractivity contribution < 1.29 is 24.2 Å². The second-order valence-electron chi connectivity index (χ2n) is 12.3. The van der Waals surface area contributed by atoms with Crippen molar-refractivity contribution in [1.29, 1.82) is 0 Å². The number of rotatable bonds is 33. The number of carbonyl (C=O) groups excluding carboxylic acids is 2. The minimum atomic E-state index is -0.789. The van der Waals surface area contributed by atoms with Crippen LogP contribution < -0.4 is 0 Å². The smallest absolute Gasteiger partial charge is 0.306 e. The van der Waals surface area contributed by atoms with Crippen molar-refractivity contribution in [1.82, 2.24) is 0 Å². The van der Waals surface area contributed by atoms with Crippen molar-refractivity contribution in [3.8, 4) is 0 Å².